The van der Waals surface area contributed by atoms with Crippen molar-refractivity contribution in [3.63, 3.8) is 0 Å². The van der Waals surface area contributed by atoms with Gasteiger partial charge in [0.05, 0.1) is 11.2 Å². The highest BCUT2D eigenvalue weighted by Gasteiger charge is 2.32. The molecule has 3 aromatic rings. The number of carbonyl (C=O) groups is 2. The first-order valence-electron chi connectivity index (χ1n) is 14.5. The fraction of sp³-hybridized carbons (Fsp3) is 0.469. The van der Waals surface area contributed by atoms with Gasteiger partial charge in [0.25, 0.3) is 0 Å². The van der Waals surface area contributed by atoms with E-state index in [1.54, 1.807) is 39.2 Å². The minimum atomic E-state index is -4.06. The zero-order valence-electron chi connectivity index (χ0n) is 25.7. The molecule has 1 atom stereocenters. The minimum absolute atomic E-state index is 0.0470. The van der Waals surface area contributed by atoms with E-state index in [1.807, 2.05) is 39.0 Å². The quantitative estimate of drug-likeness (QED) is 0.306. The van der Waals surface area contributed by atoms with Gasteiger partial charge < -0.3 is 14.5 Å². The van der Waals surface area contributed by atoms with Crippen molar-refractivity contribution in [2.24, 2.45) is 4.99 Å². The van der Waals surface area contributed by atoms with Crippen molar-refractivity contribution >= 4 is 38.6 Å². The number of esters is 1. The Labute approximate surface area is 253 Å². The molecule has 1 amide bonds. The van der Waals surface area contributed by atoms with Crippen LogP contribution in [0.1, 0.15) is 71.3 Å². The van der Waals surface area contributed by atoms with Crippen LogP contribution in [0.15, 0.2) is 63.0 Å². The SMILES string of the molecule is CC(C)(C)OC(=O)C(Cc1occ2cc(CCC(=O)NC3=NCCCN3)ccc12)NS(=O)(=O)c1ccc(C(C)(C)C)cc1. The van der Waals surface area contributed by atoms with Crippen LogP contribution in [0.2, 0.25) is 0 Å². The molecule has 4 rings (SSSR count). The van der Waals surface area contributed by atoms with Crippen LogP contribution in [0.3, 0.4) is 0 Å². The van der Waals surface area contributed by atoms with E-state index in [0.29, 0.717) is 24.7 Å². The standard InChI is InChI=1S/C32H42N4O6S/c1-31(2,3)23-10-12-24(13-11-23)43(39,40)36-26(29(38)42-32(4,5)6)19-27-25-14-8-21(18-22(25)20-41-27)9-15-28(37)35-30-33-16-7-17-34-30/h8,10-14,18,20,26,36H,7,9,15-17,19H2,1-6H3,(H2,33,34,35,37). The molecule has 0 radical (unpaired) electrons. The Kier molecular flexibility index (Phi) is 9.66. The molecule has 2 heterocycles. The molecule has 3 N–H and O–H groups in total. The predicted octanol–water partition coefficient (Wildman–Crippen LogP) is 4.36. The number of hydrogen-bond donors (Lipinski definition) is 3. The summed E-state index contributed by atoms with van der Waals surface area (Å²) in [7, 11) is -4.06. The Hall–Kier alpha value is -3.70. The van der Waals surface area contributed by atoms with Crippen LogP contribution in [-0.4, -0.2) is 51.0 Å². The number of furan rings is 1. The third-order valence-electron chi connectivity index (χ3n) is 6.95. The summed E-state index contributed by atoms with van der Waals surface area (Å²) in [5.41, 5.74) is 0.981. The predicted molar refractivity (Wildman–Crippen MR) is 166 cm³/mol. The highest BCUT2D eigenvalue weighted by Crippen LogP contribution is 2.26. The van der Waals surface area contributed by atoms with Gasteiger partial charge in [0.2, 0.25) is 15.9 Å². The number of amides is 1. The molecule has 1 aromatic heterocycles. The lowest BCUT2D eigenvalue weighted by Gasteiger charge is -2.24. The molecule has 43 heavy (non-hydrogen) atoms. The fourth-order valence-corrected chi connectivity index (χ4v) is 5.85. The van der Waals surface area contributed by atoms with E-state index < -0.39 is 27.6 Å². The maximum Gasteiger partial charge on any atom is 0.325 e. The molecule has 10 nitrogen and oxygen atoms in total. The van der Waals surface area contributed by atoms with Crippen LogP contribution in [0.25, 0.3) is 10.8 Å². The van der Waals surface area contributed by atoms with Gasteiger partial charge in [-0.3, -0.25) is 19.9 Å². The third kappa shape index (κ3) is 8.90. The normalized spacial score (nSPS) is 15.0. The summed E-state index contributed by atoms with van der Waals surface area (Å²) in [5, 5.41) is 7.40. The van der Waals surface area contributed by atoms with Crippen LogP contribution in [0.5, 0.6) is 0 Å². The second kappa shape index (κ2) is 12.9. The molecule has 1 aliphatic rings. The van der Waals surface area contributed by atoms with Gasteiger partial charge in [-0.25, -0.2) is 8.42 Å². The summed E-state index contributed by atoms with van der Waals surface area (Å²) < 4.78 is 40.7. The van der Waals surface area contributed by atoms with Gasteiger partial charge in [0.15, 0.2) is 5.96 Å². The lowest BCUT2D eigenvalue weighted by Crippen LogP contribution is -2.45. The summed E-state index contributed by atoms with van der Waals surface area (Å²) in [5.74, 6) is 0.138. The maximum absolute atomic E-state index is 13.4. The topological polar surface area (TPSA) is 139 Å². The molecule has 0 aliphatic carbocycles. The highest BCUT2D eigenvalue weighted by atomic mass is 32.2. The van der Waals surface area contributed by atoms with Crippen molar-refractivity contribution in [3.8, 4) is 0 Å². The molecule has 1 unspecified atom stereocenters. The number of carbonyl (C=O) groups excluding carboxylic acids is 2. The number of rotatable bonds is 9. The van der Waals surface area contributed by atoms with Crippen LogP contribution in [-0.2, 0) is 42.6 Å². The van der Waals surface area contributed by atoms with Gasteiger partial charge in [-0.05, 0) is 68.4 Å². The smallest absolute Gasteiger partial charge is 0.325 e. The number of guanidine groups is 1. The number of sulfonamides is 1. The Morgan fingerprint density at radius 3 is 2.42 bits per heavy atom. The van der Waals surface area contributed by atoms with Crippen molar-refractivity contribution in [1.29, 1.82) is 0 Å². The van der Waals surface area contributed by atoms with Crippen LogP contribution >= 0.6 is 0 Å². The summed E-state index contributed by atoms with van der Waals surface area (Å²) in [6.07, 6.45) is 3.28. The first-order valence-corrected chi connectivity index (χ1v) is 16.0. The maximum atomic E-state index is 13.4. The van der Waals surface area contributed by atoms with E-state index in [9.17, 15) is 18.0 Å². The second-order valence-electron chi connectivity index (χ2n) is 12.8. The van der Waals surface area contributed by atoms with E-state index in [2.05, 4.69) is 20.3 Å². The highest BCUT2D eigenvalue weighted by molar-refractivity contribution is 7.89. The van der Waals surface area contributed by atoms with Crippen LogP contribution in [0.4, 0.5) is 0 Å². The summed E-state index contributed by atoms with van der Waals surface area (Å²) in [6, 6.07) is 11.1. The van der Waals surface area contributed by atoms with Crippen molar-refractivity contribution in [2.75, 3.05) is 13.1 Å². The Bertz CT molecular complexity index is 1600. The number of ether oxygens (including phenoxy) is 1. The van der Waals surface area contributed by atoms with Gasteiger partial charge >= 0.3 is 5.97 Å². The number of nitrogens with one attached hydrogen (secondary N) is 3. The molecule has 11 heteroatoms. The summed E-state index contributed by atoms with van der Waals surface area (Å²) in [6.45, 7) is 12.8. The number of aryl methyl sites for hydroxylation is 1. The van der Waals surface area contributed by atoms with E-state index in [1.165, 1.54) is 12.1 Å². The molecule has 0 saturated carbocycles. The summed E-state index contributed by atoms with van der Waals surface area (Å²) >= 11 is 0. The first-order chi connectivity index (χ1) is 20.1. The molecule has 2 aromatic carbocycles. The van der Waals surface area contributed by atoms with Crippen LogP contribution in [0, 0.1) is 0 Å². The third-order valence-corrected chi connectivity index (χ3v) is 8.44. The average Bonchev–Trinajstić information content (AvgIpc) is 3.32. The van der Waals surface area contributed by atoms with Gasteiger partial charge in [-0.2, -0.15) is 4.72 Å². The van der Waals surface area contributed by atoms with Crippen molar-refractivity contribution < 1.29 is 27.2 Å². The molecule has 0 saturated heterocycles. The second-order valence-corrected chi connectivity index (χ2v) is 14.5. The lowest BCUT2D eigenvalue weighted by atomic mass is 9.87. The molecular weight excluding hydrogens is 568 g/mol. The number of nitrogens with zero attached hydrogens (tertiary/aromatic N) is 1. The van der Waals surface area contributed by atoms with Crippen molar-refractivity contribution in [2.45, 2.75) is 89.2 Å². The molecule has 232 valence electrons. The monoisotopic (exact) mass is 610 g/mol. The molecular formula is C32H42N4O6S. The van der Waals surface area contributed by atoms with E-state index in [-0.39, 0.29) is 29.1 Å². The number of fused-ring (bicyclic) bond motifs is 1. The zero-order chi connectivity index (χ0) is 31.4. The summed E-state index contributed by atoms with van der Waals surface area (Å²) in [4.78, 5) is 29.9. The van der Waals surface area contributed by atoms with Crippen molar-refractivity contribution in [3.05, 3.63) is 65.6 Å². The fourth-order valence-electron chi connectivity index (χ4n) is 4.66. The molecule has 1 aliphatic heterocycles. The number of hydrogen-bond acceptors (Lipinski definition) is 8. The van der Waals surface area contributed by atoms with E-state index in [0.717, 1.165) is 34.9 Å². The van der Waals surface area contributed by atoms with Crippen molar-refractivity contribution in [1.82, 2.24) is 15.4 Å². The molecule has 0 fully saturated rings. The largest absolute Gasteiger partial charge is 0.468 e. The van der Waals surface area contributed by atoms with E-state index >= 15 is 0 Å². The molecule has 0 bridgehead atoms. The van der Waals surface area contributed by atoms with Gasteiger partial charge in [0, 0.05) is 36.7 Å². The number of aliphatic imine (C=N–C) groups is 1. The molecule has 0 spiro atoms. The van der Waals surface area contributed by atoms with Gasteiger partial charge in [-0.15, -0.1) is 0 Å². The Morgan fingerprint density at radius 1 is 1.07 bits per heavy atom. The Balaban J connectivity index is 1.50. The average molecular weight is 611 g/mol. The first kappa shape index (κ1) is 32.2. The van der Waals surface area contributed by atoms with Crippen LogP contribution < -0.4 is 15.4 Å². The lowest BCUT2D eigenvalue weighted by molar-refractivity contribution is -0.157. The Morgan fingerprint density at radius 2 is 1.79 bits per heavy atom. The van der Waals surface area contributed by atoms with Gasteiger partial charge in [-0.1, -0.05) is 45.0 Å². The van der Waals surface area contributed by atoms with E-state index in [4.69, 9.17) is 9.15 Å². The zero-order valence-corrected chi connectivity index (χ0v) is 26.6. The minimum Gasteiger partial charge on any atom is -0.468 e. The van der Waals surface area contributed by atoms with Gasteiger partial charge in [0.1, 0.15) is 17.4 Å². The number of benzene rings is 2.